The van der Waals surface area contributed by atoms with Gasteiger partial charge in [0.05, 0.1) is 6.61 Å². The molecule has 0 aliphatic heterocycles. The lowest BCUT2D eigenvalue weighted by molar-refractivity contribution is -0.137. The first-order valence-electron chi connectivity index (χ1n) is 6.27. The lowest BCUT2D eigenvalue weighted by Gasteiger charge is -2.30. The van der Waals surface area contributed by atoms with Crippen LogP contribution < -0.4 is 5.32 Å². The van der Waals surface area contributed by atoms with E-state index >= 15 is 0 Å². The maximum absolute atomic E-state index is 12.0. The van der Waals surface area contributed by atoms with E-state index in [1.54, 1.807) is 18.7 Å². The number of carboxylic acid groups (broad SMARTS) is 1. The molecule has 0 spiro atoms. The van der Waals surface area contributed by atoms with E-state index in [2.05, 4.69) is 5.32 Å². The third-order valence-corrected chi connectivity index (χ3v) is 3.00. The van der Waals surface area contributed by atoms with E-state index in [1.807, 2.05) is 0 Å². The minimum absolute atomic E-state index is 0.0245. The lowest BCUT2D eigenvalue weighted by atomic mass is 9.99. The number of aliphatic carboxylic acids is 1. The van der Waals surface area contributed by atoms with Gasteiger partial charge in [-0.05, 0) is 33.1 Å². The Morgan fingerprint density at radius 2 is 2.00 bits per heavy atom. The molecule has 0 unspecified atom stereocenters. The summed E-state index contributed by atoms with van der Waals surface area (Å²) in [6, 6.07) is 0.00867. The van der Waals surface area contributed by atoms with E-state index in [9.17, 15) is 9.59 Å². The van der Waals surface area contributed by atoms with Crippen molar-refractivity contribution >= 4 is 12.0 Å². The standard InChI is InChI=1S/C12H22N2O4/c1-12(2,6-5-10(16)17)13-11(18)14(7-8-15)9-3-4-9/h9,15H,3-8H2,1-2H3,(H,13,18)(H,16,17). The average molecular weight is 258 g/mol. The molecule has 2 amide bonds. The van der Waals surface area contributed by atoms with E-state index in [1.165, 1.54) is 0 Å². The number of carbonyl (C=O) groups excluding carboxylic acids is 1. The van der Waals surface area contributed by atoms with Crippen molar-refractivity contribution in [1.82, 2.24) is 10.2 Å². The molecule has 18 heavy (non-hydrogen) atoms. The van der Waals surface area contributed by atoms with Gasteiger partial charge in [0, 0.05) is 24.5 Å². The van der Waals surface area contributed by atoms with Gasteiger partial charge >= 0.3 is 12.0 Å². The third-order valence-electron chi connectivity index (χ3n) is 3.00. The summed E-state index contributed by atoms with van der Waals surface area (Å²) in [7, 11) is 0. The van der Waals surface area contributed by atoms with Gasteiger partial charge in [-0.15, -0.1) is 0 Å². The summed E-state index contributed by atoms with van der Waals surface area (Å²) in [6.07, 6.45) is 2.36. The first-order valence-corrected chi connectivity index (χ1v) is 6.27. The topological polar surface area (TPSA) is 89.9 Å². The first-order chi connectivity index (χ1) is 8.35. The van der Waals surface area contributed by atoms with E-state index in [0.717, 1.165) is 12.8 Å². The summed E-state index contributed by atoms with van der Waals surface area (Å²) < 4.78 is 0. The van der Waals surface area contributed by atoms with Crippen molar-refractivity contribution in [3.63, 3.8) is 0 Å². The second kappa shape index (κ2) is 6.04. The molecule has 0 radical (unpaired) electrons. The van der Waals surface area contributed by atoms with Gasteiger partial charge in [-0.2, -0.15) is 0 Å². The molecule has 1 aliphatic carbocycles. The van der Waals surface area contributed by atoms with Crippen LogP contribution in [-0.4, -0.2) is 51.8 Å². The van der Waals surface area contributed by atoms with Crippen molar-refractivity contribution in [3.05, 3.63) is 0 Å². The Morgan fingerprint density at radius 3 is 2.44 bits per heavy atom. The van der Waals surface area contributed by atoms with Gasteiger partial charge in [-0.3, -0.25) is 4.79 Å². The zero-order chi connectivity index (χ0) is 13.8. The highest BCUT2D eigenvalue weighted by Gasteiger charge is 2.34. The fraction of sp³-hybridized carbons (Fsp3) is 0.833. The molecule has 3 N–H and O–H groups in total. The Morgan fingerprint density at radius 1 is 1.39 bits per heavy atom. The Hall–Kier alpha value is -1.30. The van der Waals surface area contributed by atoms with Crippen molar-refractivity contribution in [2.45, 2.75) is 51.1 Å². The van der Waals surface area contributed by atoms with Gasteiger partial charge in [-0.25, -0.2) is 4.79 Å². The third kappa shape index (κ3) is 4.91. The summed E-state index contributed by atoms with van der Waals surface area (Å²) in [6.45, 7) is 3.88. The summed E-state index contributed by atoms with van der Waals surface area (Å²) in [4.78, 5) is 24.2. The highest BCUT2D eigenvalue weighted by molar-refractivity contribution is 5.76. The van der Waals surface area contributed by atoms with E-state index < -0.39 is 11.5 Å². The number of hydrogen-bond donors (Lipinski definition) is 3. The number of rotatable bonds is 7. The number of amides is 2. The van der Waals surface area contributed by atoms with E-state index in [-0.39, 0.29) is 25.1 Å². The molecule has 104 valence electrons. The molecule has 0 aromatic heterocycles. The minimum Gasteiger partial charge on any atom is -0.481 e. The Bertz CT molecular complexity index is 313. The summed E-state index contributed by atoms with van der Waals surface area (Å²) >= 11 is 0. The number of nitrogens with zero attached hydrogens (tertiary/aromatic N) is 1. The molecule has 0 heterocycles. The zero-order valence-corrected chi connectivity index (χ0v) is 11.0. The molecule has 1 aliphatic rings. The Kier molecular flexibility index (Phi) is 4.95. The number of carbonyl (C=O) groups is 2. The fourth-order valence-corrected chi connectivity index (χ4v) is 1.79. The van der Waals surface area contributed by atoms with Crippen LogP contribution >= 0.6 is 0 Å². The van der Waals surface area contributed by atoms with Gasteiger partial charge in [0.2, 0.25) is 0 Å². The monoisotopic (exact) mass is 258 g/mol. The van der Waals surface area contributed by atoms with Crippen molar-refractivity contribution < 1.29 is 19.8 Å². The Balaban J connectivity index is 2.47. The second-order valence-corrected chi connectivity index (χ2v) is 5.36. The Labute approximate surface area is 107 Å². The number of nitrogens with one attached hydrogen (secondary N) is 1. The largest absolute Gasteiger partial charge is 0.481 e. The number of urea groups is 1. The number of hydrogen-bond acceptors (Lipinski definition) is 3. The van der Waals surface area contributed by atoms with Crippen molar-refractivity contribution in [2.75, 3.05) is 13.2 Å². The molecule has 0 atom stereocenters. The summed E-state index contributed by atoms with van der Waals surface area (Å²) in [5.74, 6) is -0.869. The predicted octanol–water partition coefficient (Wildman–Crippen LogP) is 0.796. The molecule has 0 saturated heterocycles. The van der Waals surface area contributed by atoms with Crippen molar-refractivity contribution in [1.29, 1.82) is 0 Å². The second-order valence-electron chi connectivity index (χ2n) is 5.36. The van der Waals surface area contributed by atoms with Gasteiger partial charge < -0.3 is 20.4 Å². The predicted molar refractivity (Wildman–Crippen MR) is 66.3 cm³/mol. The van der Waals surface area contributed by atoms with E-state index in [4.69, 9.17) is 10.2 Å². The number of aliphatic hydroxyl groups excluding tert-OH is 1. The maximum atomic E-state index is 12.0. The molecule has 1 fully saturated rings. The molecule has 0 bridgehead atoms. The van der Waals surface area contributed by atoms with Crippen LogP contribution in [0.4, 0.5) is 4.79 Å². The molecule has 6 heteroatoms. The zero-order valence-electron chi connectivity index (χ0n) is 11.0. The summed E-state index contributed by atoms with van der Waals surface area (Å²) in [5, 5.41) is 20.4. The van der Waals surface area contributed by atoms with Crippen LogP contribution in [0.15, 0.2) is 0 Å². The van der Waals surface area contributed by atoms with Crippen molar-refractivity contribution in [2.24, 2.45) is 0 Å². The highest BCUT2D eigenvalue weighted by atomic mass is 16.4. The van der Waals surface area contributed by atoms with Crippen LogP contribution in [0.25, 0.3) is 0 Å². The summed E-state index contributed by atoms with van der Waals surface area (Å²) in [5.41, 5.74) is -0.557. The normalized spacial score (nSPS) is 15.3. The minimum atomic E-state index is -0.869. The molecular weight excluding hydrogens is 236 g/mol. The van der Waals surface area contributed by atoms with Crippen LogP contribution in [0.3, 0.4) is 0 Å². The highest BCUT2D eigenvalue weighted by Crippen LogP contribution is 2.27. The van der Waals surface area contributed by atoms with Gasteiger partial charge in [0.1, 0.15) is 0 Å². The SMILES string of the molecule is CC(C)(CCC(=O)O)NC(=O)N(CCO)C1CC1. The van der Waals surface area contributed by atoms with Gasteiger partial charge in [-0.1, -0.05) is 0 Å². The molecular formula is C12H22N2O4. The smallest absolute Gasteiger partial charge is 0.318 e. The fourth-order valence-electron chi connectivity index (χ4n) is 1.79. The molecule has 1 saturated carbocycles. The lowest BCUT2D eigenvalue weighted by Crippen LogP contribution is -2.51. The average Bonchev–Trinajstić information content (AvgIpc) is 3.06. The quantitative estimate of drug-likeness (QED) is 0.630. The molecule has 0 aromatic carbocycles. The maximum Gasteiger partial charge on any atom is 0.318 e. The number of carboxylic acids is 1. The van der Waals surface area contributed by atoms with Crippen LogP contribution in [0.2, 0.25) is 0 Å². The van der Waals surface area contributed by atoms with Gasteiger partial charge in [0.25, 0.3) is 0 Å². The number of aliphatic hydroxyl groups is 1. The molecule has 6 nitrogen and oxygen atoms in total. The van der Waals surface area contributed by atoms with Crippen molar-refractivity contribution in [3.8, 4) is 0 Å². The first kappa shape index (κ1) is 14.8. The van der Waals surface area contributed by atoms with Crippen LogP contribution in [-0.2, 0) is 4.79 Å². The van der Waals surface area contributed by atoms with E-state index in [0.29, 0.717) is 13.0 Å². The molecule has 0 aromatic rings. The molecule has 1 rings (SSSR count). The van der Waals surface area contributed by atoms with Crippen LogP contribution in [0, 0.1) is 0 Å². The van der Waals surface area contributed by atoms with Crippen LogP contribution in [0.1, 0.15) is 39.5 Å². The van der Waals surface area contributed by atoms with Gasteiger partial charge in [0.15, 0.2) is 0 Å². The van der Waals surface area contributed by atoms with Crippen LogP contribution in [0.5, 0.6) is 0 Å².